The molecule has 0 aliphatic carbocycles. The first-order valence-corrected chi connectivity index (χ1v) is 9.55. The van der Waals surface area contributed by atoms with E-state index < -0.39 is 0 Å². The molecule has 6 nitrogen and oxygen atoms in total. The van der Waals surface area contributed by atoms with Crippen molar-refractivity contribution in [1.82, 2.24) is 24.4 Å². The monoisotopic (exact) mass is 382 g/mol. The zero-order valence-electron chi connectivity index (χ0n) is 15.4. The quantitative estimate of drug-likeness (QED) is 0.710. The van der Waals surface area contributed by atoms with Crippen molar-refractivity contribution in [3.8, 4) is 0 Å². The molecule has 0 spiro atoms. The molecule has 0 saturated heterocycles. The van der Waals surface area contributed by atoms with E-state index in [0.717, 1.165) is 61.2 Å². The van der Waals surface area contributed by atoms with Crippen LogP contribution in [0.2, 0.25) is 5.02 Å². The van der Waals surface area contributed by atoms with Crippen molar-refractivity contribution in [3.63, 3.8) is 0 Å². The third kappa shape index (κ3) is 4.46. The van der Waals surface area contributed by atoms with Crippen LogP contribution >= 0.6 is 11.6 Å². The van der Waals surface area contributed by atoms with Gasteiger partial charge in [0.05, 0.1) is 17.7 Å². The highest BCUT2D eigenvalue weighted by Crippen LogP contribution is 2.21. The van der Waals surface area contributed by atoms with E-state index in [1.54, 1.807) is 6.33 Å². The van der Waals surface area contributed by atoms with Crippen LogP contribution in [-0.4, -0.2) is 44.6 Å². The van der Waals surface area contributed by atoms with Gasteiger partial charge in [0.25, 0.3) is 0 Å². The van der Waals surface area contributed by atoms with Gasteiger partial charge in [-0.25, -0.2) is 15.0 Å². The van der Waals surface area contributed by atoms with Crippen molar-refractivity contribution in [3.05, 3.63) is 70.7 Å². The fourth-order valence-electron chi connectivity index (χ4n) is 3.36. The summed E-state index contributed by atoms with van der Waals surface area (Å²) < 4.78 is 2.10. The van der Waals surface area contributed by atoms with Gasteiger partial charge in [0.2, 0.25) is 0 Å². The third-order valence-electron chi connectivity index (χ3n) is 4.83. The van der Waals surface area contributed by atoms with Crippen molar-refractivity contribution >= 4 is 17.4 Å². The summed E-state index contributed by atoms with van der Waals surface area (Å²) in [5, 5.41) is 4.22. The van der Waals surface area contributed by atoms with Gasteiger partial charge in [0.15, 0.2) is 0 Å². The molecule has 0 fully saturated rings. The second-order valence-electron chi connectivity index (χ2n) is 6.98. The van der Waals surface area contributed by atoms with Gasteiger partial charge < -0.3 is 14.8 Å². The average Bonchev–Trinajstić information content (AvgIpc) is 3.11. The summed E-state index contributed by atoms with van der Waals surface area (Å²) in [6, 6.07) is 7.91. The lowest BCUT2D eigenvalue weighted by molar-refractivity contribution is 0.310. The van der Waals surface area contributed by atoms with E-state index >= 15 is 0 Å². The molecule has 0 bridgehead atoms. The average molecular weight is 383 g/mol. The first-order valence-electron chi connectivity index (χ1n) is 9.17. The number of anilines is 1. The van der Waals surface area contributed by atoms with E-state index in [9.17, 15) is 0 Å². The maximum absolute atomic E-state index is 5.94. The third-order valence-corrected chi connectivity index (χ3v) is 5.08. The normalized spacial score (nSPS) is 14.1. The van der Waals surface area contributed by atoms with Crippen molar-refractivity contribution in [2.75, 3.05) is 25.5 Å². The van der Waals surface area contributed by atoms with Crippen LogP contribution in [0.15, 0.2) is 43.1 Å². The van der Waals surface area contributed by atoms with Crippen molar-refractivity contribution < 1.29 is 0 Å². The molecular formula is C20H23ClN6. The van der Waals surface area contributed by atoms with E-state index in [0.29, 0.717) is 0 Å². The Balaban J connectivity index is 1.34. The number of benzene rings is 1. The molecular weight excluding hydrogens is 360 g/mol. The molecule has 3 heterocycles. The summed E-state index contributed by atoms with van der Waals surface area (Å²) in [6.07, 6.45) is 7.47. The highest BCUT2D eigenvalue weighted by molar-refractivity contribution is 6.30. The number of hydrogen-bond acceptors (Lipinski definition) is 5. The molecule has 140 valence electrons. The van der Waals surface area contributed by atoms with E-state index in [1.165, 1.54) is 11.1 Å². The van der Waals surface area contributed by atoms with Gasteiger partial charge in [-0.2, -0.15) is 0 Å². The Bertz CT molecular complexity index is 905. The van der Waals surface area contributed by atoms with Crippen LogP contribution in [0.25, 0.3) is 0 Å². The maximum atomic E-state index is 5.94. The van der Waals surface area contributed by atoms with Gasteiger partial charge in [0, 0.05) is 55.8 Å². The molecule has 1 aliphatic heterocycles. The Labute approximate surface area is 164 Å². The molecule has 1 N–H and O–H groups in total. The summed E-state index contributed by atoms with van der Waals surface area (Å²) in [5.74, 6) is 0.951. The Morgan fingerprint density at radius 1 is 1.15 bits per heavy atom. The number of aromatic nitrogens is 4. The zero-order chi connectivity index (χ0) is 18.6. The predicted octanol–water partition coefficient (Wildman–Crippen LogP) is 3.02. The molecule has 7 heteroatoms. The topological polar surface area (TPSA) is 58.9 Å². The first-order chi connectivity index (χ1) is 13.2. The van der Waals surface area contributed by atoms with E-state index in [1.807, 2.05) is 30.6 Å². The van der Waals surface area contributed by atoms with Gasteiger partial charge in [-0.05, 0) is 24.7 Å². The Hall–Kier alpha value is -2.44. The molecule has 0 unspecified atom stereocenters. The zero-order valence-corrected chi connectivity index (χ0v) is 16.2. The highest BCUT2D eigenvalue weighted by Gasteiger charge is 2.18. The number of nitrogens with zero attached hydrogens (tertiary/aromatic N) is 5. The van der Waals surface area contributed by atoms with E-state index in [4.69, 9.17) is 11.6 Å². The van der Waals surface area contributed by atoms with E-state index in [2.05, 4.69) is 43.0 Å². The smallest absolute Gasteiger partial charge is 0.134 e. The standard InChI is InChI=1S/C20H23ClN6/c1-26-9-7-19-18(12-26)20(24-13-23-19)22-8-6-17-11-27(14-25-17)10-15-2-4-16(21)5-3-15/h2-5,11,13-14H,6-10,12H2,1H3,(H,22,23,24). The lowest BCUT2D eigenvalue weighted by Crippen LogP contribution is -2.28. The Morgan fingerprint density at radius 3 is 2.85 bits per heavy atom. The van der Waals surface area contributed by atoms with Crippen LogP contribution in [0, 0.1) is 0 Å². The van der Waals surface area contributed by atoms with Crippen LogP contribution in [0.1, 0.15) is 22.5 Å². The number of likely N-dealkylation sites (N-methyl/N-ethyl adjacent to an activating group) is 1. The van der Waals surface area contributed by atoms with Crippen LogP contribution in [0.3, 0.4) is 0 Å². The maximum Gasteiger partial charge on any atom is 0.134 e. The lowest BCUT2D eigenvalue weighted by atomic mass is 10.1. The van der Waals surface area contributed by atoms with Crippen molar-refractivity contribution in [1.29, 1.82) is 0 Å². The number of nitrogens with one attached hydrogen (secondary N) is 1. The number of imidazole rings is 1. The fourth-order valence-corrected chi connectivity index (χ4v) is 3.49. The number of halogens is 1. The lowest BCUT2D eigenvalue weighted by Gasteiger charge is -2.25. The molecule has 27 heavy (non-hydrogen) atoms. The minimum atomic E-state index is 0.759. The Kier molecular flexibility index (Phi) is 5.36. The van der Waals surface area contributed by atoms with Crippen molar-refractivity contribution in [2.45, 2.75) is 25.9 Å². The summed E-state index contributed by atoms with van der Waals surface area (Å²) in [7, 11) is 2.13. The first kappa shape index (κ1) is 17.9. The van der Waals surface area contributed by atoms with Gasteiger partial charge in [-0.15, -0.1) is 0 Å². The van der Waals surface area contributed by atoms with Crippen molar-refractivity contribution in [2.24, 2.45) is 0 Å². The second kappa shape index (κ2) is 8.06. The molecule has 0 saturated carbocycles. The van der Waals surface area contributed by atoms with Gasteiger partial charge in [0.1, 0.15) is 12.1 Å². The Morgan fingerprint density at radius 2 is 2.00 bits per heavy atom. The SMILES string of the molecule is CN1CCc2ncnc(NCCc3cn(Cc4ccc(Cl)cc4)cn3)c2C1. The second-order valence-corrected chi connectivity index (χ2v) is 7.41. The van der Waals surface area contributed by atoms with Crippen LogP contribution in [-0.2, 0) is 25.9 Å². The van der Waals surface area contributed by atoms with Gasteiger partial charge in [-0.1, -0.05) is 23.7 Å². The minimum Gasteiger partial charge on any atom is -0.369 e. The molecule has 1 aromatic carbocycles. The predicted molar refractivity (Wildman–Crippen MR) is 107 cm³/mol. The van der Waals surface area contributed by atoms with Crippen LogP contribution in [0.4, 0.5) is 5.82 Å². The molecule has 0 atom stereocenters. The van der Waals surface area contributed by atoms with Crippen LogP contribution < -0.4 is 5.32 Å². The molecule has 0 radical (unpaired) electrons. The molecule has 3 aromatic rings. The molecule has 1 aliphatic rings. The van der Waals surface area contributed by atoms with Gasteiger partial charge >= 0.3 is 0 Å². The summed E-state index contributed by atoms with van der Waals surface area (Å²) in [4.78, 5) is 15.7. The summed E-state index contributed by atoms with van der Waals surface area (Å²) in [6.45, 7) is 3.54. The largest absolute Gasteiger partial charge is 0.369 e. The molecule has 2 aromatic heterocycles. The summed E-state index contributed by atoms with van der Waals surface area (Å²) in [5.41, 5.74) is 4.66. The highest BCUT2D eigenvalue weighted by atomic mass is 35.5. The number of hydrogen-bond donors (Lipinski definition) is 1. The fraction of sp³-hybridized carbons (Fsp3) is 0.350. The molecule has 4 rings (SSSR count). The minimum absolute atomic E-state index is 0.759. The van der Waals surface area contributed by atoms with Gasteiger partial charge in [-0.3, -0.25) is 0 Å². The van der Waals surface area contributed by atoms with Crippen LogP contribution in [0.5, 0.6) is 0 Å². The number of fused-ring (bicyclic) bond motifs is 1. The van der Waals surface area contributed by atoms with E-state index in [-0.39, 0.29) is 0 Å². The molecule has 0 amide bonds. The summed E-state index contributed by atoms with van der Waals surface area (Å²) >= 11 is 5.94. The number of rotatable bonds is 6.